The number of rotatable bonds is 4. The predicted molar refractivity (Wildman–Crippen MR) is 107 cm³/mol. The Balaban J connectivity index is 1.49. The van der Waals surface area contributed by atoms with Crippen molar-refractivity contribution in [3.8, 4) is 0 Å². The molecule has 2 fully saturated rings. The fourth-order valence-electron chi connectivity index (χ4n) is 3.73. The zero-order chi connectivity index (χ0) is 21.0. The number of hydrogen-bond acceptors (Lipinski definition) is 6. The molecule has 1 aliphatic carbocycles. The summed E-state index contributed by atoms with van der Waals surface area (Å²) in [6.07, 6.45) is 2.09. The summed E-state index contributed by atoms with van der Waals surface area (Å²) in [6, 6.07) is 8.09. The van der Waals surface area contributed by atoms with E-state index in [2.05, 4.69) is 26.1 Å². The molecule has 3 aromatic rings. The lowest BCUT2D eigenvalue weighted by Crippen LogP contribution is -2.40. The Morgan fingerprint density at radius 2 is 2.07 bits per heavy atom. The molecule has 0 radical (unpaired) electrons. The number of anilines is 1. The van der Waals surface area contributed by atoms with Gasteiger partial charge < -0.3 is 15.2 Å². The van der Waals surface area contributed by atoms with Crippen LogP contribution in [-0.2, 0) is 10.3 Å². The molecule has 2 aromatic heterocycles. The molecule has 1 atom stereocenters. The zero-order valence-corrected chi connectivity index (χ0v) is 16.4. The summed E-state index contributed by atoms with van der Waals surface area (Å²) in [7, 11) is 0. The first-order chi connectivity index (χ1) is 14.3. The second-order valence-corrected chi connectivity index (χ2v) is 7.89. The third-order valence-corrected chi connectivity index (χ3v) is 5.62. The molecule has 3 heterocycles. The summed E-state index contributed by atoms with van der Waals surface area (Å²) in [5.74, 6) is -0.419. The van der Waals surface area contributed by atoms with Gasteiger partial charge in [-0.25, -0.2) is 9.78 Å². The van der Waals surface area contributed by atoms with E-state index in [1.165, 1.54) is 0 Å². The van der Waals surface area contributed by atoms with Crippen LogP contribution in [0.25, 0.3) is 11.1 Å². The summed E-state index contributed by atoms with van der Waals surface area (Å²) in [6.45, 7) is 3.38. The smallest absolute Gasteiger partial charge is 0.322 e. The largest absolute Gasteiger partial charge is 0.336 e. The zero-order valence-electron chi connectivity index (χ0n) is 16.4. The molecule has 0 bridgehead atoms. The number of benzene rings is 1. The molecular formula is C21H19N5O4. The number of amides is 4. The Bertz CT molecular complexity index is 1230. The highest BCUT2D eigenvalue weighted by Gasteiger charge is 2.43. The van der Waals surface area contributed by atoms with Crippen LogP contribution in [0.2, 0.25) is 0 Å². The highest BCUT2D eigenvalue weighted by atomic mass is 16.5. The van der Waals surface area contributed by atoms with E-state index in [1.54, 1.807) is 44.2 Å². The van der Waals surface area contributed by atoms with E-state index in [-0.39, 0.29) is 5.91 Å². The third-order valence-electron chi connectivity index (χ3n) is 5.62. The van der Waals surface area contributed by atoms with Crippen LogP contribution in [0.4, 0.5) is 10.5 Å². The number of imide groups is 1. The van der Waals surface area contributed by atoms with Gasteiger partial charge in [-0.1, -0.05) is 17.3 Å². The van der Waals surface area contributed by atoms with Crippen molar-refractivity contribution >= 4 is 34.6 Å². The Labute approximate surface area is 171 Å². The minimum Gasteiger partial charge on any atom is -0.336 e. The second-order valence-electron chi connectivity index (χ2n) is 7.89. The molecule has 1 saturated heterocycles. The van der Waals surface area contributed by atoms with Crippen molar-refractivity contribution in [2.24, 2.45) is 0 Å². The average Bonchev–Trinajstić information content (AvgIpc) is 3.45. The van der Waals surface area contributed by atoms with Crippen LogP contribution in [-0.4, -0.2) is 28.0 Å². The van der Waals surface area contributed by atoms with Gasteiger partial charge in [-0.15, -0.1) is 0 Å². The highest BCUT2D eigenvalue weighted by Crippen LogP contribution is 2.40. The second kappa shape index (κ2) is 6.38. The van der Waals surface area contributed by atoms with E-state index in [0.717, 1.165) is 18.5 Å². The fraction of sp³-hybridized carbons (Fsp3) is 0.286. The Hall–Kier alpha value is -3.75. The van der Waals surface area contributed by atoms with Crippen LogP contribution in [0.15, 0.2) is 34.9 Å². The Morgan fingerprint density at radius 3 is 2.77 bits per heavy atom. The summed E-state index contributed by atoms with van der Waals surface area (Å²) in [5, 5.41) is 12.3. The number of aryl methyl sites for hydroxylation is 1. The lowest BCUT2D eigenvalue weighted by Gasteiger charge is -2.21. The van der Waals surface area contributed by atoms with Gasteiger partial charge in [0.25, 0.3) is 17.5 Å². The van der Waals surface area contributed by atoms with Crippen molar-refractivity contribution in [3.63, 3.8) is 0 Å². The molecule has 5 rings (SSSR count). The maximum atomic E-state index is 13.1. The van der Waals surface area contributed by atoms with Gasteiger partial charge >= 0.3 is 6.03 Å². The molecule has 30 heavy (non-hydrogen) atoms. The molecule has 1 saturated carbocycles. The van der Waals surface area contributed by atoms with Crippen molar-refractivity contribution in [1.82, 2.24) is 20.8 Å². The molecular weight excluding hydrogens is 386 g/mol. The highest BCUT2D eigenvalue weighted by molar-refractivity contribution is 6.12. The molecule has 1 aliphatic heterocycles. The number of aromatic nitrogens is 2. The third kappa shape index (κ3) is 2.90. The maximum Gasteiger partial charge on any atom is 0.322 e. The molecule has 0 spiro atoms. The van der Waals surface area contributed by atoms with Gasteiger partial charge in [0.05, 0.1) is 16.6 Å². The maximum absolute atomic E-state index is 13.1. The van der Waals surface area contributed by atoms with Gasteiger partial charge in [-0.05, 0) is 50.5 Å². The Morgan fingerprint density at radius 1 is 1.27 bits per heavy atom. The molecule has 9 heteroatoms. The first-order valence-electron chi connectivity index (χ1n) is 9.67. The van der Waals surface area contributed by atoms with E-state index >= 15 is 0 Å². The van der Waals surface area contributed by atoms with Crippen molar-refractivity contribution < 1.29 is 18.9 Å². The van der Waals surface area contributed by atoms with Crippen LogP contribution in [0.5, 0.6) is 0 Å². The average molecular weight is 405 g/mol. The van der Waals surface area contributed by atoms with Crippen LogP contribution < -0.4 is 16.0 Å². The summed E-state index contributed by atoms with van der Waals surface area (Å²) >= 11 is 0. The van der Waals surface area contributed by atoms with E-state index < -0.39 is 17.5 Å². The quantitative estimate of drug-likeness (QED) is 0.573. The number of carbonyl (C=O) groups is 3. The van der Waals surface area contributed by atoms with Crippen molar-refractivity contribution in [1.29, 1.82) is 0 Å². The predicted octanol–water partition coefficient (Wildman–Crippen LogP) is 2.72. The van der Waals surface area contributed by atoms with Gasteiger partial charge in [0, 0.05) is 17.3 Å². The van der Waals surface area contributed by atoms with Gasteiger partial charge in [0.2, 0.25) is 0 Å². The molecule has 9 nitrogen and oxygen atoms in total. The van der Waals surface area contributed by atoms with E-state index in [0.29, 0.717) is 39.5 Å². The van der Waals surface area contributed by atoms with E-state index in [9.17, 15) is 14.4 Å². The van der Waals surface area contributed by atoms with Crippen LogP contribution >= 0.6 is 0 Å². The summed E-state index contributed by atoms with van der Waals surface area (Å²) < 4.78 is 5.30. The van der Waals surface area contributed by atoms with Crippen molar-refractivity contribution in [3.05, 3.63) is 52.8 Å². The van der Waals surface area contributed by atoms with Gasteiger partial charge in [-0.2, -0.15) is 0 Å². The number of pyridine rings is 1. The lowest BCUT2D eigenvalue weighted by molar-refractivity contribution is -0.123. The number of urea groups is 1. The van der Waals surface area contributed by atoms with E-state index in [4.69, 9.17) is 4.52 Å². The minimum absolute atomic E-state index is 0.321. The van der Waals surface area contributed by atoms with E-state index in [1.807, 2.05) is 0 Å². The van der Waals surface area contributed by atoms with Crippen LogP contribution in [0, 0.1) is 6.92 Å². The number of carbonyl (C=O) groups excluding carboxylic acids is 3. The SMILES string of the molecule is Cc1noc2nc(C3CC3)cc(C(=O)Nc3cccc([C@@]4(C)NC(=O)NC4=O)c3)c12. The standard InChI is InChI=1S/C21H19N5O4/c1-10-16-14(9-15(11-6-7-11)23-18(16)30-26-10)17(27)22-13-5-3-4-12(8-13)21(2)19(28)24-20(29)25-21/h3-5,8-9,11H,6-7H2,1-2H3,(H,22,27)(H2,24,25,28,29)/t21-/m1/s1. The molecule has 2 aliphatic rings. The lowest BCUT2D eigenvalue weighted by atomic mass is 9.92. The Kier molecular flexibility index (Phi) is 3.89. The van der Waals surface area contributed by atoms with Crippen molar-refractivity contribution in [2.75, 3.05) is 5.32 Å². The number of hydrogen-bond donors (Lipinski definition) is 3. The number of fused-ring (bicyclic) bond motifs is 1. The van der Waals surface area contributed by atoms with Crippen LogP contribution in [0.1, 0.15) is 53.0 Å². The van der Waals surface area contributed by atoms with Gasteiger partial charge in [-0.3, -0.25) is 14.9 Å². The molecule has 4 amide bonds. The van der Waals surface area contributed by atoms with Crippen LogP contribution in [0.3, 0.4) is 0 Å². The molecule has 152 valence electrons. The first-order valence-corrected chi connectivity index (χ1v) is 9.67. The first kappa shape index (κ1) is 18.3. The molecule has 0 unspecified atom stereocenters. The topological polar surface area (TPSA) is 126 Å². The number of nitrogens with zero attached hydrogens (tertiary/aromatic N) is 2. The van der Waals surface area contributed by atoms with Gasteiger partial charge in [0.1, 0.15) is 5.54 Å². The summed E-state index contributed by atoms with van der Waals surface area (Å²) in [5.41, 5.74) is 2.08. The monoisotopic (exact) mass is 405 g/mol. The van der Waals surface area contributed by atoms with Gasteiger partial charge in [0.15, 0.2) is 0 Å². The number of nitrogens with one attached hydrogen (secondary N) is 3. The molecule has 1 aromatic carbocycles. The van der Waals surface area contributed by atoms with Crippen molar-refractivity contribution in [2.45, 2.75) is 38.1 Å². The summed E-state index contributed by atoms with van der Waals surface area (Å²) in [4.78, 5) is 41.4. The minimum atomic E-state index is -1.20. The fourth-order valence-corrected chi connectivity index (χ4v) is 3.73. The normalized spacial score (nSPS) is 20.9. The molecule has 3 N–H and O–H groups in total.